The van der Waals surface area contributed by atoms with Crippen LogP contribution < -0.4 is 29.6 Å². The number of esters is 2. The summed E-state index contributed by atoms with van der Waals surface area (Å²) in [5.74, 6) is 2.36. The van der Waals surface area contributed by atoms with Crippen molar-refractivity contribution in [3.8, 4) is 23.0 Å². The second kappa shape index (κ2) is 28.2. The number of amides is 1. The van der Waals surface area contributed by atoms with Crippen molar-refractivity contribution < 1.29 is 67.3 Å². The lowest BCUT2D eigenvalue weighted by molar-refractivity contribution is -0.385. The molecule has 25 heteroatoms. The molecule has 3 heterocycles. The molecule has 0 radical (unpaired) electrons. The lowest BCUT2D eigenvalue weighted by Gasteiger charge is -2.22. The highest BCUT2D eigenvalue weighted by atomic mass is 35.5. The fourth-order valence-electron chi connectivity index (χ4n) is 6.12. The van der Waals surface area contributed by atoms with E-state index in [4.69, 9.17) is 40.4 Å². The second-order valence-electron chi connectivity index (χ2n) is 14.1. The molecule has 3 aliphatic rings. The number of carbonyl (C=O) groups is 5. The molecule has 1 amide bonds. The van der Waals surface area contributed by atoms with Gasteiger partial charge in [0.2, 0.25) is 0 Å². The van der Waals surface area contributed by atoms with Gasteiger partial charge in [-0.3, -0.25) is 50.0 Å². The van der Waals surface area contributed by atoms with Crippen LogP contribution in [-0.2, 0) is 37.1 Å². The number of hydrogen-bond acceptors (Lipinski definition) is 20. The van der Waals surface area contributed by atoms with Crippen LogP contribution in [0.3, 0.4) is 0 Å². The number of ether oxygens (including phenoxy) is 6. The predicted molar refractivity (Wildman–Crippen MR) is 258 cm³/mol. The number of carboxylic acids is 1. The fraction of sp³-hybridized carbons (Fsp3) is 0.341. The maximum Gasteiger partial charge on any atom is 0.329 e. The van der Waals surface area contributed by atoms with Crippen molar-refractivity contribution in [3.05, 3.63) is 127 Å². The first kappa shape index (κ1) is 55.3. The number of halogens is 1. The Labute approximate surface area is 413 Å². The van der Waals surface area contributed by atoms with Crippen molar-refractivity contribution in [2.24, 2.45) is 0 Å². The van der Waals surface area contributed by atoms with Gasteiger partial charge in [-0.15, -0.1) is 35.3 Å². The van der Waals surface area contributed by atoms with Crippen molar-refractivity contribution >= 4 is 87.3 Å². The summed E-state index contributed by atoms with van der Waals surface area (Å²) in [6, 6.07) is 22.2. The van der Waals surface area contributed by atoms with Gasteiger partial charge in [0.25, 0.3) is 22.5 Å². The average molecular weight is 1030 g/mol. The van der Waals surface area contributed by atoms with Crippen LogP contribution in [0.5, 0.6) is 23.0 Å². The molecular formula is C44H48ClN5O16S3. The molecule has 21 nitrogen and oxygen atoms in total. The lowest BCUT2D eigenvalue weighted by atomic mass is 10.1. The Morgan fingerprint density at radius 3 is 1.52 bits per heavy atom. The summed E-state index contributed by atoms with van der Waals surface area (Å²) in [7, 11) is 5.40. The number of benzene rings is 4. The van der Waals surface area contributed by atoms with Gasteiger partial charge in [0.1, 0.15) is 42.5 Å². The Hall–Kier alpha value is -6.31. The predicted octanol–water partition coefficient (Wildman–Crippen LogP) is 5.99. The number of rotatable bonds is 15. The molecule has 3 atom stereocenters. The highest BCUT2D eigenvalue weighted by Crippen LogP contribution is 2.38. The zero-order valence-corrected chi connectivity index (χ0v) is 40.7. The van der Waals surface area contributed by atoms with Crippen molar-refractivity contribution in [1.82, 2.24) is 15.5 Å². The number of nitrogens with one attached hydrogen (secondary N) is 2. The van der Waals surface area contributed by atoms with Gasteiger partial charge in [-0.25, -0.2) is 4.79 Å². The van der Waals surface area contributed by atoms with Crippen molar-refractivity contribution in [3.63, 3.8) is 0 Å². The SMILES string of the molecule is COC(=O)C1CSCN1.COC(=O)C1CSCN1C(=O)c1cc(OC)c(OCc2ccccc2)cc1[N+](=O)[O-].COc1cc(C(=O)Cl)c([N+](=O)[O-])cc1OCc1ccccc1.O=C(O)C1CSCN1. The number of carboxylic acid groups (broad SMARTS) is 1. The molecule has 0 aliphatic carbocycles. The van der Waals surface area contributed by atoms with Gasteiger partial charge in [0.05, 0.1) is 56.3 Å². The molecule has 69 heavy (non-hydrogen) atoms. The molecular weight excluding hydrogens is 986 g/mol. The zero-order chi connectivity index (χ0) is 50.5. The molecule has 3 saturated heterocycles. The summed E-state index contributed by atoms with van der Waals surface area (Å²) >= 11 is 10.1. The minimum absolute atomic E-state index is 0.0694. The van der Waals surface area contributed by atoms with Crippen molar-refractivity contribution in [1.29, 1.82) is 0 Å². The molecule has 3 fully saturated rings. The monoisotopic (exact) mass is 1030 g/mol. The normalized spacial score (nSPS) is 16.7. The van der Waals surface area contributed by atoms with Crippen LogP contribution in [0.25, 0.3) is 0 Å². The number of nitro groups is 2. The van der Waals surface area contributed by atoms with Gasteiger partial charge in [0.15, 0.2) is 23.0 Å². The van der Waals surface area contributed by atoms with Crippen LogP contribution in [-0.4, -0.2) is 130 Å². The first-order chi connectivity index (χ1) is 33.1. The number of carbonyl (C=O) groups excluding carboxylic acids is 4. The van der Waals surface area contributed by atoms with E-state index in [9.17, 15) is 44.2 Å². The van der Waals surface area contributed by atoms with E-state index >= 15 is 0 Å². The van der Waals surface area contributed by atoms with E-state index in [0.29, 0.717) is 11.5 Å². The second-order valence-corrected chi connectivity index (χ2v) is 17.5. The largest absolute Gasteiger partial charge is 0.493 e. The van der Waals surface area contributed by atoms with Crippen molar-refractivity contribution in [2.45, 2.75) is 31.3 Å². The first-order valence-corrected chi connectivity index (χ1v) is 24.1. The van der Waals surface area contributed by atoms with Gasteiger partial charge in [-0.1, -0.05) is 60.7 Å². The number of thioether (sulfide) groups is 3. The smallest absolute Gasteiger partial charge is 0.329 e. The standard InChI is InChI=1S/C20H20N2O7S.C15H12ClNO5.C5H9NO2S.C4H7NO2S/c1-27-17-8-14(19(23)21-12-30-11-16(21)20(24)28-2)15(22(25)26)9-18(17)29-10-13-6-4-3-5-7-13;1-21-13-7-11(15(16)18)12(17(19)20)8-14(13)22-9-10-5-3-2-4-6-10;1-8-5(7)4-2-9-3-6-4;6-4(7)3-1-8-2-5-3/h3-9,16H,10-12H2,1-2H3;2-8H,9H2,1H3;4,6H,2-3H2,1H3;3,5H,1-2H2,(H,6,7). The Morgan fingerprint density at radius 1 is 0.667 bits per heavy atom. The van der Waals surface area contributed by atoms with E-state index in [2.05, 4.69) is 15.4 Å². The third-order valence-corrected chi connectivity index (χ3v) is 12.8. The Bertz CT molecular complexity index is 2410. The van der Waals surface area contributed by atoms with Gasteiger partial charge >= 0.3 is 17.9 Å². The van der Waals surface area contributed by atoms with Crippen molar-refractivity contribution in [2.75, 3.05) is 63.3 Å². The maximum atomic E-state index is 13.1. The fourth-order valence-corrected chi connectivity index (χ4v) is 9.27. The number of nitro benzene ring substituents is 2. The van der Waals surface area contributed by atoms with Crippen LogP contribution in [0.15, 0.2) is 84.9 Å². The molecule has 370 valence electrons. The summed E-state index contributed by atoms with van der Waals surface area (Å²) in [5, 5.41) is 36.0. The Balaban J connectivity index is 0.000000229. The third-order valence-electron chi connectivity index (χ3n) is 9.71. The van der Waals surface area contributed by atoms with Gasteiger partial charge in [-0.2, -0.15) is 0 Å². The molecule has 0 bridgehead atoms. The van der Waals surface area contributed by atoms with Gasteiger partial charge in [0, 0.05) is 41.1 Å². The summed E-state index contributed by atoms with van der Waals surface area (Å²) in [5.41, 5.74) is 0.492. The van der Waals surface area contributed by atoms with E-state index in [0.717, 1.165) is 34.7 Å². The van der Waals surface area contributed by atoms with E-state index < -0.39 is 50.4 Å². The van der Waals surface area contributed by atoms with E-state index in [1.54, 1.807) is 23.5 Å². The summed E-state index contributed by atoms with van der Waals surface area (Å²) in [6.07, 6.45) is 0. The molecule has 3 unspecified atom stereocenters. The molecule has 0 saturated carbocycles. The summed E-state index contributed by atoms with van der Waals surface area (Å²) in [6.45, 7) is 0.386. The number of hydrogen-bond donors (Lipinski definition) is 3. The molecule has 3 N–H and O–H groups in total. The van der Waals surface area contributed by atoms with Crippen LogP contribution in [0, 0.1) is 20.2 Å². The molecule has 3 aliphatic heterocycles. The minimum atomic E-state index is -0.931. The minimum Gasteiger partial charge on any atom is -0.493 e. The van der Waals surface area contributed by atoms with E-state index in [-0.39, 0.29) is 71.3 Å². The zero-order valence-electron chi connectivity index (χ0n) is 37.5. The number of nitrogens with zero attached hydrogens (tertiary/aromatic N) is 3. The number of aliphatic carboxylic acids is 1. The highest BCUT2D eigenvalue weighted by Gasteiger charge is 2.39. The average Bonchev–Trinajstić information content (AvgIpc) is 4.20. The molecule has 0 spiro atoms. The van der Waals surface area contributed by atoms with Gasteiger partial charge in [-0.05, 0) is 22.7 Å². The molecule has 0 aromatic heterocycles. The summed E-state index contributed by atoms with van der Waals surface area (Å²) < 4.78 is 30.9. The quantitative estimate of drug-likeness (QED) is 0.0534. The van der Waals surface area contributed by atoms with E-state index in [1.165, 1.54) is 63.3 Å². The van der Waals surface area contributed by atoms with Crippen LogP contribution in [0.4, 0.5) is 11.4 Å². The third kappa shape index (κ3) is 16.4. The lowest BCUT2D eigenvalue weighted by Crippen LogP contribution is -2.42. The maximum absolute atomic E-state index is 13.1. The van der Waals surface area contributed by atoms with Crippen LogP contribution >= 0.6 is 46.9 Å². The Kier molecular flexibility index (Phi) is 22.6. The topological polar surface area (TPSA) is 275 Å². The van der Waals surface area contributed by atoms with Crippen LogP contribution in [0.1, 0.15) is 31.8 Å². The number of methoxy groups -OCH3 is 4. The van der Waals surface area contributed by atoms with Gasteiger partial charge < -0.3 is 38.4 Å². The molecule has 4 aromatic carbocycles. The van der Waals surface area contributed by atoms with Crippen LogP contribution in [0.2, 0.25) is 0 Å². The molecule has 4 aromatic rings. The first-order valence-electron chi connectivity index (χ1n) is 20.3. The Morgan fingerprint density at radius 2 is 1.13 bits per heavy atom. The molecule has 7 rings (SSSR count). The highest BCUT2D eigenvalue weighted by molar-refractivity contribution is 8.00. The van der Waals surface area contributed by atoms with E-state index in [1.807, 2.05) is 60.7 Å². The summed E-state index contributed by atoms with van der Waals surface area (Å²) in [4.78, 5) is 79.8.